The van der Waals surface area contributed by atoms with E-state index in [1.54, 1.807) is 65.8 Å². The van der Waals surface area contributed by atoms with Crippen LogP contribution in [0.4, 0.5) is 11.4 Å². The minimum absolute atomic E-state index is 0.0229. The van der Waals surface area contributed by atoms with Crippen molar-refractivity contribution >= 4 is 58.2 Å². The zero-order chi connectivity index (χ0) is 77.3. The van der Waals surface area contributed by atoms with Crippen molar-refractivity contribution in [3.63, 3.8) is 0 Å². The van der Waals surface area contributed by atoms with Gasteiger partial charge in [0.05, 0.1) is 67.8 Å². The van der Waals surface area contributed by atoms with Crippen molar-refractivity contribution in [1.82, 2.24) is 66.2 Å². The fourth-order valence-corrected chi connectivity index (χ4v) is 10.7. The smallest absolute Gasteiger partial charge is 0.344 e. The number of hydrogen-bond donors (Lipinski definition) is 8. The number of tetrazole rings is 1. The third-order valence-corrected chi connectivity index (χ3v) is 16.5. The minimum atomic E-state index is -1.48. The first-order chi connectivity index (χ1) is 49.3. The summed E-state index contributed by atoms with van der Waals surface area (Å²) in [5, 5.41) is 66.5. The number of carboxylic acid groups (broad SMARTS) is 1. The first-order valence-electron chi connectivity index (χ1n) is 32.4. The van der Waals surface area contributed by atoms with Gasteiger partial charge in [-0.3, -0.25) is 64.3 Å². The molecule has 0 saturated heterocycles. The van der Waals surface area contributed by atoms with Crippen LogP contribution in [0.2, 0.25) is 0 Å². The van der Waals surface area contributed by atoms with E-state index in [0.717, 1.165) is 59.8 Å². The zero-order valence-corrected chi connectivity index (χ0v) is 60.4. The Morgan fingerprint density at radius 2 is 0.800 bits per heavy atom. The minimum Gasteiger partial charge on any atom is -0.477 e. The van der Waals surface area contributed by atoms with Gasteiger partial charge in [0.1, 0.15) is 11.1 Å². The summed E-state index contributed by atoms with van der Waals surface area (Å²) in [6.07, 6.45) is 0. The van der Waals surface area contributed by atoms with Crippen LogP contribution >= 0.6 is 0 Å². The summed E-state index contributed by atoms with van der Waals surface area (Å²) in [4.78, 5) is 121. The Morgan fingerprint density at radius 3 is 1.10 bits per heavy atom. The number of rotatable bonds is 17. The van der Waals surface area contributed by atoms with Crippen LogP contribution in [-0.4, -0.2) is 119 Å². The maximum atomic E-state index is 13.1. The zero-order valence-electron chi connectivity index (χ0n) is 60.4. The molecular formula is C73H78N18O14. The Bertz CT molecular complexity index is 5260. The number of ether oxygens (including phenoxy) is 1. The van der Waals surface area contributed by atoms with Crippen molar-refractivity contribution in [3.8, 4) is 28.5 Å². The molecule has 6 aromatic carbocycles. The van der Waals surface area contributed by atoms with Crippen LogP contribution in [0.5, 0.6) is 0 Å². The van der Waals surface area contributed by atoms with Crippen molar-refractivity contribution in [2.75, 3.05) is 7.11 Å². The summed E-state index contributed by atoms with van der Waals surface area (Å²) in [5.74, 6) is -3.88. The van der Waals surface area contributed by atoms with Gasteiger partial charge in [0.15, 0.2) is 0 Å². The second-order valence-corrected chi connectivity index (χ2v) is 27.1. The molecule has 0 unspecified atom stereocenters. The molecule has 0 saturated carbocycles. The molecule has 10 aromatic rings. The fraction of sp³-hybridized carbons (Fsp3) is 0.260. The van der Waals surface area contributed by atoms with Gasteiger partial charge in [-0.1, -0.05) is 111 Å². The van der Waals surface area contributed by atoms with Gasteiger partial charge in [-0.2, -0.15) is 20.5 Å². The number of nitro groups is 2. The van der Waals surface area contributed by atoms with Gasteiger partial charge >= 0.3 is 11.9 Å². The van der Waals surface area contributed by atoms with E-state index in [-0.39, 0.29) is 72.2 Å². The molecule has 0 spiro atoms. The molecule has 32 heteroatoms. The lowest BCUT2D eigenvalue weighted by molar-refractivity contribution is -0.385. The van der Waals surface area contributed by atoms with E-state index in [4.69, 9.17) is 5.11 Å². The number of carbonyl (C=O) groups is 5. The van der Waals surface area contributed by atoms with Crippen LogP contribution in [0, 0.1) is 41.0 Å². The number of hydrazone groups is 3. The number of benzene rings is 6. The molecule has 105 heavy (non-hydrogen) atoms. The number of esters is 1. The molecule has 10 rings (SSSR count). The summed E-state index contributed by atoms with van der Waals surface area (Å²) in [6, 6.07) is 36.1. The average Bonchev–Trinajstić information content (AvgIpc) is 1.67. The normalized spacial score (nSPS) is 11.9. The van der Waals surface area contributed by atoms with Crippen molar-refractivity contribution < 1.29 is 43.7 Å². The number of aromatic carboxylic acids is 1. The summed E-state index contributed by atoms with van der Waals surface area (Å²) < 4.78 is 8.79. The quantitative estimate of drug-likeness (QED) is 0.0182. The highest BCUT2D eigenvalue weighted by molar-refractivity contribution is 6.04. The molecule has 0 aliphatic carbocycles. The van der Waals surface area contributed by atoms with Crippen molar-refractivity contribution in [2.45, 2.75) is 120 Å². The van der Waals surface area contributed by atoms with Gasteiger partial charge in [-0.15, -0.1) is 10.2 Å². The average molecular weight is 1430 g/mol. The molecular weight excluding hydrogens is 1350 g/mol. The molecule has 3 amide bonds. The van der Waals surface area contributed by atoms with E-state index in [0.29, 0.717) is 51.1 Å². The van der Waals surface area contributed by atoms with Gasteiger partial charge in [-0.25, -0.2) is 39.9 Å². The highest BCUT2D eigenvalue weighted by Crippen LogP contribution is 2.28. The predicted molar refractivity (Wildman–Crippen MR) is 393 cm³/mol. The Balaban J connectivity index is 0.000000199. The lowest BCUT2D eigenvalue weighted by Gasteiger charge is -2.19. The number of nitro benzene ring substituents is 2. The number of aromatic nitrogens is 10. The van der Waals surface area contributed by atoms with Gasteiger partial charge < -0.3 is 9.84 Å². The summed E-state index contributed by atoms with van der Waals surface area (Å²) >= 11 is 0. The van der Waals surface area contributed by atoms with E-state index >= 15 is 0 Å². The van der Waals surface area contributed by atoms with Crippen molar-refractivity contribution in [1.29, 1.82) is 0 Å². The molecule has 544 valence electrons. The summed E-state index contributed by atoms with van der Waals surface area (Å²) in [5.41, 5.74) is 13.9. The molecule has 0 aliphatic heterocycles. The van der Waals surface area contributed by atoms with Gasteiger partial charge in [0, 0.05) is 51.5 Å². The number of aryl methyl sites for hydroxylation is 3. The molecule has 0 radical (unpaired) electrons. The molecule has 0 fully saturated rings. The lowest BCUT2D eigenvalue weighted by atomic mass is 9.87. The predicted octanol–water partition coefficient (Wildman–Crippen LogP) is 10.3. The van der Waals surface area contributed by atoms with E-state index < -0.39 is 56.4 Å². The maximum Gasteiger partial charge on any atom is 0.344 e. The fourth-order valence-electron chi connectivity index (χ4n) is 10.7. The van der Waals surface area contributed by atoms with E-state index in [1.807, 2.05) is 72.8 Å². The van der Waals surface area contributed by atoms with Crippen LogP contribution in [0.3, 0.4) is 0 Å². The monoisotopic (exact) mass is 1430 g/mol. The summed E-state index contributed by atoms with van der Waals surface area (Å²) in [6.45, 7) is 29.0. The third kappa shape index (κ3) is 18.0. The number of amides is 3. The topological polar surface area (TPSA) is 442 Å². The molecule has 8 N–H and O–H groups in total. The molecule has 32 nitrogen and oxygen atoms in total. The Morgan fingerprint density at radius 1 is 0.486 bits per heavy atom. The third-order valence-electron chi connectivity index (χ3n) is 16.5. The van der Waals surface area contributed by atoms with Crippen LogP contribution < -0.4 is 33.0 Å². The Hall–Kier alpha value is -13.4. The van der Waals surface area contributed by atoms with Gasteiger partial charge in [0.2, 0.25) is 5.82 Å². The Kier molecular flexibility index (Phi) is 23.3. The van der Waals surface area contributed by atoms with Gasteiger partial charge in [0.25, 0.3) is 45.8 Å². The van der Waals surface area contributed by atoms with E-state index in [1.165, 1.54) is 25.7 Å². The molecule has 0 bridgehead atoms. The second kappa shape index (κ2) is 31.6. The van der Waals surface area contributed by atoms with E-state index in [9.17, 15) is 58.6 Å². The first kappa shape index (κ1) is 77.3. The highest BCUT2D eigenvalue weighted by Gasteiger charge is 2.27. The molecule has 0 atom stereocenters. The van der Waals surface area contributed by atoms with Crippen LogP contribution in [-0.2, 0) is 21.0 Å². The maximum absolute atomic E-state index is 13.1. The highest BCUT2D eigenvalue weighted by atomic mass is 16.6. The number of nitrogens with one attached hydrogen (secondary N) is 7. The van der Waals surface area contributed by atoms with Crippen LogP contribution in [0.25, 0.3) is 28.5 Å². The molecule has 4 aromatic heterocycles. The lowest BCUT2D eigenvalue weighted by Crippen LogP contribution is -2.23. The number of carbonyl (C=O) groups excluding carboxylic acids is 4. The standard InChI is InChI=1S/C25H27N5O6.C24H26N8O2.C24H25N5O6/c1-14(26-27-22(31)16-7-12-19(24(33)36-6)20(13-16)30(34)35)21-15(2)28-29(23(21)32)18-10-8-17(9-11-18)25(3,4)5;1-14(25-28-22(33)17-8-6-16(7-9-17)21-26-30-31-27-21)20-15(2)29-32(23(20)34)19-12-10-18(11-13-19)24(3,4)5;1-13(25-26-21(30)15-6-11-18(23(32)33)19(12-15)29(34)35)20-14(2)27-28(22(20)31)17-9-7-16(8-10-17)24(3,4)5/h7-13,28H,1-6H3,(H,27,31);6-13,29H,1-5H3,(H,28,33)(H,26,27,30,31);6-12,27H,1-5H3,(H,26,30)(H,32,33). The number of methoxy groups -OCH3 is 1. The summed E-state index contributed by atoms with van der Waals surface area (Å²) in [7, 11) is 1.10. The van der Waals surface area contributed by atoms with Crippen molar-refractivity contribution in [3.05, 3.63) is 263 Å². The largest absolute Gasteiger partial charge is 0.477 e. The number of aromatic amines is 4. The molecule has 4 heterocycles. The number of nitrogens with zero attached hydrogens (tertiary/aromatic N) is 11. The first-order valence-corrected chi connectivity index (χ1v) is 32.4. The number of carboxylic acids is 1. The van der Waals surface area contributed by atoms with E-state index in [2.05, 4.69) is 135 Å². The van der Waals surface area contributed by atoms with Crippen molar-refractivity contribution in [2.24, 2.45) is 15.3 Å². The SMILES string of the molecule is CC(=NNC(=O)c1ccc(-c2nn[nH]n2)cc1)c1c(C)[nH]n(-c2ccc(C(C)(C)C)cc2)c1=O.CC(=NNC(=O)c1ccc(C(=O)O)c([N+](=O)[O-])c1)c1c(C)[nH]n(-c2ccc(C(C)(C)C)cc2)c1=O.COC(=O)c1ccc(C(=O)NN=C(C)c2c(C)[nH]n(-c3ccc(C(C)(C)C)cc3)c2=O)cc1[N+](=O)[O-]. The Labute approximate surface area is 599 Å². The van der Waals surface area contributed by atoms with Gasteiger partial charge in [-0.05, 0) is 152 Å². The number of H-pyrrole nitrogens is 4. The van der Waals surface area contributed by atoms with Crippen LogP contribution in [0.15, 0.2) is 163 Å². The van der Waals surface area contributed by atoms with Crippen LogP contribution in [0.1, 0.15) is 185 Å². The molecule has 0 aliphatic rings. The number of hydrogen-bond acceptors (Lipinski definition) is 19. The second-order valence-electron chi connectivity index (χ2n) is 27.1.